The minimum atomic E-state index is -0.877. The van der Waals surface area contributed by atoms with Crippen LogP contribution < -0.4 is 5.32 Å². The lowest BCUT2D eigenvalue weighted by atomic mass is 10.2. The molecule has 0 radical (unpaired) electrons. The maximum atomic E-state index is 10.7. The quantitative estimate of drug-likeness (QED) is 0.575. The van der Waals surface area contributed by atoms with E-state index in [9.17, 15) is 9.90 Å². The van der Waals surface area contributed by atoms with Crippen LogP contribution in [0, 0.1) is 0 Å². The molecular formula is C10H11NO4S. The second-order valence-electron chi connectivity index (χ2n) is 3.52. The van der Waals surface area contributed by atoms with Gasteiger partial charge in [0, 0.05) is 5.75 Å². The van der Waals surface area contributed by atoms with E-state index in [-0.39, 0.29) is 16.9 Å². The molecule has 86 valence electrons. The van der Waals surface area contributed by atoms with Gasteiger partial charge in [0.2, 0.25) is 0 Å². The summed E-state index contributed by atoms with van der Waals surface area (Å²) in [4.78, 5) is 10.7. The van der Waals surface area contributed by atoms with E-state index in [1.807, 2.05) is 0 Å². The Morgan fingerprint density at radius 2 is 2.12 bits per heavy atom. The average Bonchev–Trinajstić information content (AvgIpc) is 2.71. The number of hydrogen-bond donors (Lipinski definition) is 4. The minimum absolute atomic E-state index is 0.160. The number of phenols is 2. The van der Waals surface area contributed by atoms with E-state index in [0.717, 1.165) is 5.56 Å². The lowest BCUT2D eigenvalue weighted by Gasteiger charge is -2.11. The Morgan fingerprint density at radius 1 is 1.38 bits per heavy atom. The van der Waals surface area contributed by atoms with Crippen LogP contribution in [-0.4, -0.2) is 33.1 Å². The third-order valence-electron chi connectivity index (χ3n) is 2.38. The topological polar surface area (TPSA) is 89.8 Å². The molecular weight excluding hydrogens is 230 g/mol. The average molecular weight is 241 g/mol. The molecule has 1 aromatic rings. The highest BCUT2D eigenvalue weighted by molar-refractivity contribution is 7.99. The number of carbonyl (C=O) groups is 1. The summed E-state index contributed by atoms with van der Waals surface area (Å²) in [6.45, 7) is 0. The van der Waals surface area contributed by atoms with Crippen molar-refractivity contribution in [1.29, 1.82) is 0 Å². The van der Waals surface area contributed by atoms with E-state index in [2.05, 4.69) is 5.32 Å². The first kappa shape index (κ1) is 11.1. The first-order valence-corrected chi connectivity index (χ1v) is 5.75. The molecule has 0 spiro atoms. The van der Waals surface area contributed by atoms with Gasteiger partial charge in [-0.15, -0.1) is 11.8 Å². The van der Waals surface area contributed by atoms with Crippen molar-refractivity contribution in [1.82, 2.24) is 5.32 Å². The van der Waals surface area contributed by atoms with E-state index >= 15 is 0 Å². The van der Waals surface area contributed by atoms with Gasteiger partial charge in [-0.25, -0.2) is 0 Å². The Labute approximate surface area is 96.1 Å². The number of nitrogens with one attached hydrogen (secondary N) is 1. The van der Waals surface area contributed by atoms with Crippen LogP contribution in [-0.2, 0) is 4.79 Å². The molecule has 1 aliphatic heterocycles. The highest BCUT2D eigenvalue weighted by Gasteiger charge is 2.30. The molecule has 0 amide bonds. The molecule has 16 heavy (non-hydrogen) atoms. The predicted molar refractivity (Wildman–Crippen MR) is 59.5 cm³/mol. The van der Waals surface area contributed by atoms with Gasteiger partial charge >= 0.3 is 5.97 Å². The van der Waals surface area contributed by atoms with Gasteiger partial charge in [-0.3, -0.25) is 10.1 Å². The lowest BCUT2D eigenvalue weighted by Crippen LogP contribution is -2.33. The van der Waals surface area contributed by atoms with Crippen molar-refractivity contribution in [2.75, 3.05) is 5.75 Å². The van der Waals surface area contributed by atoms with E-state index in [4.69, 9.17) is 10.2 Å². The van der Waals surface area contributed by atoms with Gasteiger partial charge in [0.05, 0.1) is 5.37 Å². The highest BCUT2D eigenvalue weighted by Crippen LogP contribution is 2.36. The molecule has 0 bridgehead atoms. The van der Waals surface area contributed by atoms with Crippen molar-refractivity contribution in [3.05, 3.63) is 23.8 Å². The number of carboxylic acid groups (broad SMARTS) is 1. The molecule has 2 atom stereocenters. The molecule has 0 aliphatic carbocycles. The lowest BCUT2D eigenvalue weighted by molar-refractivity contribution is -0.138. The molecule has 2 rings (SSSR count). The Hall–Kier alpha value is -1.40. The number of thioether (sulfide) groups is 1. The maximum absolute atomic E-state index is 10.7. The van der Waals surface area contributed by atoms with Crippen molar-refractivity contribution in [3.63, 3.8) is 0 Å². The summed E-state index contributed by atoms with van der Waals surface area (Å²) < 4.78 is 0. The summed E-state index contributed by atoms with van der Waals surface area (Å²) in [7, 11) is 0. The van der Waals surface area contributed by atoms with Crippen molar-refractivity contribution in [2.45, 2.75) is 11.4 Å². The van der Waals surface area contributed by atoms with Crippen LogP contribution in [0.1, 0.15) is 10.9 Å². The molecule has 0 saturated carbocycles. The summed E-state index contributed by atoms with van der Waals surface area (Å²) in [5, 5.41) is 30.1. The number of carboxylic acids is 1. The molecule has 1 aromatic carbocycles. The smallest absolute Gasteiger partial charge is 0.321 e. The third kappa shape index (κ3) is 2.07. The van der Waals surface area contributed by atoms with Crippen LogP contribution in [0.2, 0.25) is 0 Å². The normalized spacial score (nSPS) is 24.5. The van der Waals surface area contributed by atoms with Gasteiger partial charge in [-0.05, 0) is 17.7 Å². The largest absolute Gasteiger partial charge is 0.504 e. The Bertz CT molecular complexity index is 423. The van der Waals surface area contributed by atoms with Crippen LogP contribution in [0.25, 0.3) is 0 Å². The highest BCUT2D eigenvalue weighted by atomic mass is 32.2. The minimum Gasteiger partial charge on any atom is -0.504 e. The van der Waals surface area contributed by atoms with Gasteiger partial charge < -0.3 is 15.3 Å². The zero-order chi connectivity index (χ0) is 11.7. The van der Waals surface area contributed by atoms with Gasteiger partial charge in [-0.1, -0.05) is 6.07 Å². The molecule has 1 aliphatic rings. The van der Waals surface area contributed by atoms with Crippen LogP contribution >= 0.6 is 11.8 Å². The van der Waals surface area contributed by atoms with Crippen LogP contribution in [0.5, 0.6) is 11.5 Å². The summed E-state index contributed by atoms with van der Waals surface area (Å²) in [6, 6.07) is 3.92. The van der Waals surface area contributed by atoms with Gasteiger partial charge in [0.25, 0.3) is 0 Å². The fraction of sp³-hybridized carbons (Fsp3) is 0.300. The third-order valence-corrected chi connectivity index (χ3v) is 3.65. The van der Waals surface area contributed by atoms with Gasteiger partial charge in [-0.2, -0.15) is 0 Å². The first-order valence-electron chi connectivity index (χ1n) is 4.70. The summed E-state index contributed by atoms with van der Waals surface area (Å²) in [5.74, 6) is -0.764. The molecule has 1 fully saturated rings. The molecule has 6 heteroatoms. The molecule has 1 heterocycles. The van der Waals surface area contributed by atoms with E-state index in [0.29, 0.717) is 5.75 Å². The second kappa shape index (κ2) is 4.23. The SMILES string of the molecule is O=C(O)[C@H]1CSC(c2ccc(O)c(O)c2)N1. The van der Waals surface area contributed by atoms with E-state index in [1.54, 1.807) is 6.07 Å². The Morgan fingerprint density at radius 3 is 2.69 bits per heavy atom. The molecule has 4 N–H and O–H groups in total. The van der Waals surface area contributed by atoms with Crippen LogP contribution in [0.3, 0.4) is 0 Å². The molecule has 5 nitrogen and oxygen atoms in total. The van der Waals surface area contributed by atoms with Crippen molar-refractivity contribution < 1.29 is 20.1 Å². The van der Waals surface area contributed by atoms with E-state index < -0.39 is 12.0 Å². The Kier molecular flexibility index (Phi) is 2.93. The second-order valence-corrected chi connectivity index (χ2v) is 4.66. The molecule has 1 saturated heterocycles. The number of benzene rings is 1. The van der Waals surface area contributed by atoms with Crippen molar-refractivity contribution in [2.24, 2.45) is 0 Å². The monoisotopic (exact) mass is 241 g/mol. The number of rotatable bonds is 2. The van der Waals surface area contributed by atoms with Gasteiger partial charge in [0.15, 0.2) is 11.5 Å². The Balaban J connectivity index is 2.14. The maximum Gasteiger partial charge on any atom is 0.321 e. The first-order chi connectivity index (χ1) is 7.58. The fourth-order valence-corrected chi connectivity index (χ4v) is 2.73. The number of hydrogen-bond acceptors (Lipinski definition) is 5. The number of phenolic OH excluding ortho intramolecular Hbond substituents is 2. The predicted octanol–water partition coefficient (Wildman–Crippen LogP) is 0.886. The number of aliphatic carboxylic acids is 1. The zero-order valence-electron chi connectivity index (χ0n) is 8.25. The van der Waals surface area contributed by atoms with Crippen LogP contribution in [0.15, 0.2) is 18.2 Å². The van der Waals surface area contributed by atoms with Crippen LogP contribution in [0.4, 0.5) is 0 Å². The van der Waals surface area contributed by atoms with Crippen molar-refractivity contribution in [3.8, 4) is 11.5 Å². The summed E-state index contributed by atoms with van der Waals surface area (Å²) >= 11 is 1.46. The summed E-state index contributed by atoms with van der Waals surface area (Å²) in [6.07, 6.45) is 0. The number of aromatic hydroxyl groups is 2. The standard InChI is InChI=1S/C10H11NO4S/c12-7-2-1-5(3-8(7)13)9-11-6(4-16-9)10(14)15/h1-3,6,9,11-13H,4H2,(H,14,15)/t6-,9?/m1/s1. The zero-order valence-corrected chi connectivity index (χ0v) is 9.07. The molecule has 0 aromatic heterocycles. The van der Waals surface area contributed by atoms with Crippen molar-refractivity contribution >= 4 is 17.7 Å². The van der Waals surface area contributed by atoms with E-state index in [1.165, 1.54) is 23.9 Å². The fourth-order valence-electron chi connectivity index (χ4n) is 1.51. The van der Waals surface area contributed by atoms with Gasteiger partial charge in [0.1, 0.15) is 6.04 Å². The summed E-state index contributed by atoms with van der Waals surface area (Å²) in [5.41, 5.74) is 0.754. The molecule has 1 unspecified atom stereocenters.